The molecule has 332 valence electrons. The van der Waals surface area contributed by atoms with Crippen molar-refractivity contribution in [3.8, 4) is 5.88 Å². The quantitative estimate of drug-likeness (QED) is 0.214. The first-order valence-corrected chi connectivity index (χ1v) is 21.5. The van der Waals surface area contributed by atoms with E-state index in [2.05, 4.69) is 34.8 Å². The number of ether oxygens (including phenoxy) is 3. The number of halogens is 2. The van der Waals surface area contributed by atoms with E-state index < -0.39 is 18.4 Å². The number of fused-ring (bicyclic) bond motifs is 2. The minimum atomic E-state index is -1.32. The zero-order valence-corrected chi connectivity index (χ0v) is 35.8. The maximum Gasteiger partial charge on any atom is 0.410 e. The molecule has 2 atom stereocenters. The number of aromatic amines is 1. The lowest BCUT2D eigenvalue weighted by atomic mass is 10.1. The molecule has 4 aromatic heterocycles. The monoisotopic (exact) mass is 858 g/mol. The van der Waals surface area contributed by atoms with Gasteiger partial charge in [0.15, 0.2) is 6.17 Å². The highest BCUT2D eigenvalue weighted by molar-refractivity contribution is 5.70. The van der Waals surface area contributed by atoms with Crippen molar-refractivity contribution in [2.45, 2.75) is 115 Å². The standard InChI is InChI=1S/C22H26FN5O3.C12H12N4O.C10H17NO2.FH/c1-14-19(28-11-5-16-17(28)4-3-9-24-16)25-13-26-20(14)30-18-6-10-27(12-15(18)23)21(29)31-22(2)7-8-22;1-8-11(14-7-15-12(8)17)16-6-4-9-10(16)3-2-5-13-9;1-10(5-6-10)13-9(12)11-7-3-2-4-8-11;/h3-4,9,13,15,18H,5-8,10-12H2,1-2H3;2-3,5,7H,4,6H2,1H3,(H,14,15,17);2-8H2,1H3;1H/t15-,18+;;;/m1.../s1. The smallest absolute Gasteiger partial charge is 0.410 e. The van der Waals surface area contributed by atoms with Crippen LogP contribution in [-0.4, -0.2) is 115 Å². The average molecular weight is 859 g/mol. The Morgan fingerprint density at radius 1 is 0.742 bits per heavy atom. The summed E-state index contributed by atoms with van der Waals surface area (Å²) in [5, 5.41) is 0. The number of amides is 2. The summed E-state index contributed by atoms with van der Waals surface area (Å²) in [5.74, 6) is 1.84. The third kappa shape index (κ3) is 10.1. The zero-order chi connectivity index (χ0) is 42.7. The fourth-order valence-electron chi connectivity index (χ4n) is 7.91. The number of alkyl halides is 1. The summed E-state index contributed by atoms with van der Waals surface area (Å²) >= 11 is 0. The van der Waals surface area contributed by atoms with Gasteiger partial charge < -0.3 is 38.8 Å². The van der Waals surface area contributed by atoms with Gasteiger partial charge in [-0.2, -0.15) is 0 Å². The van der Waals surface area contributed by atoms with Crippen LogP contribution < -0.4 is 20.1 Å². The second-order valence-corrected chi connectivity index (χ2v) is 17.1. The number of likely N-dealkylation sites (tertiary alicyclic amines) is 2. The van der Waals surface area contributed by atoms with E-state index in [1.165, 1.54) is 24.0 Å². The maximum atomic E-state index is 14.9. The first-order valence-electron chi connectivity index (χ1n) is 21.5. The number of carbonyl (C=O) groups excluding carboxylic acids is 2. The van der Waals surface area contributed by atoms with E-state index in [1.807, 2.05) is 54.8 Å². The van der Waals surface area contributed by atoms with Crippen molar-refractivity contribution in [3.05, 3.63) is 82.2 Å². The normalized spacial score (nSPS) is 21.1. The molecule has 0 radical (unpaired) electrons. The van der Waals surface area contributed by atoms with Crippen molar-refractivity contribution in [1.82, 2.24) is 39.7 Å². The fraction of sp³-hybridized carbons (Fsp3) is 0.545. The summed E-state index contributed by atoms with van der Waals surface area (Å²) in [6.07, 6.45) is 13.4. The number of hydrogen-bond acceptors (Lipinski definition) is 13. The Kier molecular flexibility index (Phi) is 13.2. The van der Waals surface area contributed by atoms with E-state index in [9.17, 15) is 18.8 Å². The Morgan fingerprint density at radius 3 is 1.87 bits per heavy atom. The maximum absolute atomic E-state index is 14.9. The number of aromatic nitrogens is 6. The zero-order valence-electron chi connectivity index (χ0n) is 35.8. The lowest BCUT2D eigenvalue weighted by Crippen LogP contribution is -2.50. The van der Waals surface area contributed by atoms with Gasteiger partial charge in [-0.05, 0) is 96.9 Å². The molecule has 18 heteroatoms. The van der Waals surface area contributed by atoms with Crippen molar-refractivity contribution in [3.63, 3.8) is 0 Å². The van der Waals surface area contributed by atoms with Crippen LogP contribution in [0.3, 0.4) is 0 Å². The average Bonchev–Trinajstić information content (AvgIpc) is 4.06. The van der Waals surface area contributed by atoms with E-state index in [-0.39, 0.29) is 34.1 Å². The van der Waals surface area contributed by atoms with Crippen LogP contribution in [0.1, 0.15) is 87.7 Å². The third-order valence-corrected chi connectivity index (χ3v) is 12.2. The van der Waals surface area contributed by atoms with E-state index >= 15 is 0 Å². The van der Waals surface area contributed by atoms with Crippen LogP contribution in [0.5, 0.6) is 5.88 Å². The van der Waals surface area contributed by atoms with Crippen molar-refractivity contribution < 1.29 is 32.9 Å². The molecule has 2 saturated carbocycles. The second-order valence-electron chi connectivity index (χ2n) is 17.1. The van der Waals surface area contributed by atoms with Gasteiger partial charge >= 0.3 is 12.2 Å². The number of anilines is 4. The number of pyridine rings is 2. The van der Waals surface area contributed by atoms with Crippen LogP contribution in [-0.2, 0) is 22.3 Å². The summed E-state index contributed by atoms with van der Waals surface area (Å²) in [6.45, 7) is 11.3. The number of H-pyrrole nitrogens is 1. The Hall–Kier alpha value is -5.94. The molecular formula is C44H56F2N10O6. The summed E-state index contributed by atoms with van der Waals surface area (Å²) in [7, 11) is 0. The molecule has 10 rings (SSSR count). The molecule has 2 aliphatic carbocycles. The molecule has 0 aromatic carbocycles. The van der Waals surface area contributed by atoms with Gasteiger partial charge in [-0.15, -0.1) is 0 Å². The minimum absolute atomic E-state index is 0. The Labute approximate surface area is 359 Å². The van der Waals surface area contributed by atoms with Crippen molar-refractivity contribution in [1.29, 1.82) is 0 Å². The Bertz CT molecular complexity index is 2280. The topological polar surface area (TPSA) is 172 Å². The molecular weight excluding hydrogens is 803 g/mol. The van der Waals surface area contributed by atoms with Crippen LogP contribution >= 0.6 is 0 Å². The number of nitrogens with one attached hydrogen (secondary N) is 1. The van der Waals surface area contributed by atoms with Crippen LogP contribution in [0.25, 0.3) is 0 Å². The molecule has 4 fully saturated rings. The highest BCUT2D eigenvalue weighted by atomic mass is 19.1. The third-order valence-electron chi connectivity index (χ3n) is 12.2. The summed E-state index contributed by atoms with van der Waals surface area (Å²) < 4.78 is 31.7. The van der Waals surface area contributed by atoms with E-state index in [4.69, 9.17) is 14.2 Å². The highest BCUT2D eigenvalue weighted by Gasteiger charge is 2.44. The van der Waals surface area contributed by atoms with Crippen LogP contribution in [0.15, 0.2) is 54.1 Å². The predicted molar refractivity (Wildman–Crippen MR) is 228 cm³/mol. The van der Waals surface area contributed by atoms with Crippen LogP contribution in [0.4, 0.5) is 41.7 Å². The number of hydrogen-bond donors (Lipinski definition) is 1. The van der Waals surface area contributed by atoms with Gasteiger partial charge in [-0.1, -0.05) is 0 Å². The minimum Gasteiger partial charge on any atom is -0.471 e. The molecule has 0 unspecified atom stereocenters. The Balaban J connectivity index is 0.000000156. The molecule has 4 aromatic rings. The van der Waals surface area contributed by atoms with Gasteiger partial charge in [0.1, 0.15) is 35.3 Å². The summed E-state index contributed by atoms with van der Waals surface area (Å²) in [4.78, 5) is 67.1. The first kappa shape index (κ1) is 44.1. The van der Waals surface area contributed by atoms with E-state index in [1.54, 1.807) is 19.3 Å². The molecule has 16 nitrogen and oxygen atoms in total. The molecule has 1 N–H and O–H groups in total. The van der Waals surface area contributed by atoms with E-state index in [0.29, 0.717) is 24.4 Å². The van der Waals surface area contributed by atoms with Gasteiger partial charge in [0.2, 0.25) is 5.88 Å². The molecule has 0 bridgehead atoms. The van der Waals surface area contributed by atoms with Crippen LogP contribution in [0.2, 0.25) is 0 Å². The van der Waals surface area contributed by atoms with Gasteiger partial charge in [-0.25, -0.2) is 28.9 Å². The fourth-order valence-corrected chi connectivity index (χ4v) is 7.91. The number of rotatable bonds is 6. The lowest BCUT2D eigenvalue weighted by Gasteiger charge is -2.34. The number of nitrogens with zero attached hydrogens (tertiary/aromatic N) is 9. The predicted octanol–water partition coefficient (Wildman–Crippen LogP) is 6.84. The number of piperidine rings is 2. The van der Waals surface area contributed by atoms with Gasteiger partial charge in [0.25, 0.3) is 5.56 Å². The lowest BCUT2D eigenvalue weighted by molar-refractivity contribution is 0.00201. The summed E-state index contributed by atoms with van der Waals surface area (Å²) in [6, 6.07) is 7.84. The Morgan fingerprint density at radius 2 is 1.31 bits per heavy atom. The molecule has 6 aliphatic rings. The molecule has 0 spiro atoms. The van der Waals surface area contributed by atoms with Crippen LogP contribution in [0, 0.1) is 13.8 Å². The number of carbonyl (C=O) groups is 2. The molecule has 4 aliphatic heterocycles. The van der Waals surface area contributed by atoms with E-state index in [0.717, 1.165) is 118 Å². The molecule has 2 amide bonds. The molecule has 8 heterocycles. The van der Waals surface area contributed by atoms with Crippen molar-refractivity contribution in [2.75, 3.05) is 49.1 Å². The summed E-state index contributed by atoms with van der Waals surface area (Å²) in [5.41, 5.74) is 5.00. The van der Waals surface area contributed by atoms with Gasteiger partial charge in [0.05, 0.1) is 46.8 Å². The largest absolute Gasteiger partial charge is 0.471 e. The van der Waals surface area contributed by atoms with Gasteiger partial charge in [-0.3, -0.25) is 19.5 Å². The SMILES string of the molecule is CC1(OC(=O)N2CCCCC2)CC1.Cc1c(N2CCc3ncccc32)nc[nH]c1=O.Cc1c(O[C@H]2CCN(C(=O)OC3(C)CC3)C[C@H]2F)ncnc1N1CCc2ncccc21.F. The van der Waals surface area contributed by atoms with Crippen molar-refractivity contribution >= 4 is 35.2 Å². The molecule has 2 saturated heterocycles. The highest BCUT2D eigenvalue weighted by Crippen LogP contribution is 2.41. The molecule has 62 heavy (non-hydrogen) atoms. The first-order chi connectivity index (χ1) is 29.4. The van der Waals surface area contributed by atoms with Gasteiger partial charge in [0, 0.05) is 64.4 Å². The van der Waals surface area contributed by atoms with Crippen molar-refractivity contribution in [2.24, 2.45) is 0 Å². The second kappa shape index (κ2) is 18.6.